The van der Waals surface area contributed by atoms with Gasteiger partial charge in [-0.05, 0) is 32.9 Å². The van der Waals surface area contributed by atoms with Crippen molar-refractivity contribution < 1.29 is 22.9 Å². The normalized spacial score (nSPS) is 12.1. The van der Waals surface area contributed by atoms with E-state index in [1.807, 2.05) is 0 Å². The first-order valence-corrected chi connectivity index (χ1v) is 9.58. The van der Waals surface area contributed by atoms with E-state index < -0.39 is 38.7 Å². The first-order chi connectivity index (χ1) is 11.9. The Kier molecular flexibility index (Phi) is 7.10. The van der Waals surface area contributed by atoms with E-state index in [-0.39, 0.29) is 23.7 Å². The molecule has 146 valence electrons. The third-order valence-electron chi connectivity index (χ3n) is 3.34. The molecule has 0 bridgehead atoms. The molecule has 0 atom stereocenters. The Morgan fingerprint density at radius 2 is 1.85 bits per heavy atom. The molecule has 1 rings (SSSR count). The van der Waals surface area contributed by atoms with Crippen LogP contribution in [0.3, 0.4) is 0 Å². The Morgan fingerprint density at radius 3 is 2.31 bits per heavy atom. The number of nitro benzene ring substituents is 1. The van der Waals surface area contributed by atoms with E-state index in [1.165, 1.54) is 16.4 Å². The summed E-state index contributed by atoms with van der Waals surface area (Å²) in [6.07, 6.45) is 0. The SMILES string of the molecule is CCN(CC)S(=O)(=O)c1ccc(OCC(=O)NC(C)(C)C)c([N+](=O)[O-])c1. The van der Waals surface area contributed by atoms with Gasteiger partial charge in [0.2, 0.25) is 10.0 Å². The summed E-state index contributed by atoms with van der Waals surface area (Å²) in [6, 6.07) is 3.38. The minimum atomic E-state index is -3.84. The van der Waals surface area contributed by atoms with Crippen molar-refractivity contribution in [2.45, 2.75) is 45.1 Å². The standard InChI is InChI=1S/C16H25N3O6S/c1-6-18(7-2)26(23,24)12-8-9-14(13(10-12)19(21)22)25-11-15(20)17-16(3,4)5/h8-10H,6-7,11H2,1-5H3,(H,17,20). The van der Waals surface area contributed by atoms with Crippen molar-refractivity contribution in [3.05, 3.63) is 28.3 Å². The molecule has 9 nitrogen and oxygen atoms in total. The zero-order valence-corrected chi connectivity index (χ0v) is 16.4. The molecule has 1 aromatic carbocycles. The van der Waals surface area contributed by atoms with Crippen LogP contribution in [0.15, 0.2) is 23.1 Å². The molecule has 0 fully saturated rings. The van der Waals surface area contributed by atoms with Crippen molar-refractivity contribution >= 4 is 21.6 Å². The van der Waals surface area contributed by atoms with Gasteiger partial charge in [0.15, 0.2) is 12.4 Å². The van der Waals surface area contributed by atoms with Crippen LogP contribution < -0.4 is 10.1 Å². The summed E-state index contributed by atoms with van der Waals surface area (Å²) in [4.78, 5) is 22.2. The molecule has 0 aliphatic carbocycles. The quantitative estimate of drug-likeness (QED) is 0.538. The topological polar surface area (TPSA) is 119 Å². The van der Waals surface area contributed by atoms with Gasteiger partial charge in [-0.1, -0.05) is 13.8 Å². The lowest BCUT2D eigenvalue weighted by atomic mass is 10.1. The van der Waals surface area contributed by atoms with Crippen molar-refractivity contribution in [2.24, 2.45) is 0 Å². The summed E-state index contributed by atoms with van der Waals surface area (Å²) >= 11 is 0. The number of carbonyl (C=O) groups is 1. The maximum absolute atomic E-state index is 12.5. The highest BCUT2D eigenvalue weighted by atomic mass is 32.2. The molecule has 0 radical (unpaired) electrons. The summed E-state index contributed by atoms with van der Waals surface area (Å²) in [5.41, 5.74) is -0.976. The Bertz CT molecular complexity index is 767. The number of carbonyl (C=O) groups excluding carboxylic acids is 1. The third-order valence-corrected chi connectivity index (χ3v) is 5.39. The second kappa shape index (κ2) is 8.45. The lowest BCUT2D eigenvalue weighted by molar-refractivity contribution is -0.386. The van der Waals surface area contributed by atoms with Gasteiger partial charge >= 0.3 is 5.69 Å². The minimum absolute atomic E-state index is 0.169. The van der Waals surface area contributed by atoms with Crippen LogP contribution in [0.1, 0.15) is 34.6 Å². The molecule has 0 spiro atoms. The Balaban J connectivity index is 3.11. The van der Waals surface area contributed by atoms with Crippen molar-refractivity contribution in [1.29, 1.82) is 0 Å². The van der Waals surface area contributed by atoms with E-state index in [0.29, 0.717) is 0 Å². The molecule has 0 saturated heterocycles. The molecule has 0 unspecified atom stereocenters. The largest absolute Gasteiger partial charge is 0.477 e. The minimum Gasteiger partial charge on any atom is -0.477 e. The highest BCUT2D eigenvalue weighted by molar-refractivity contribution is 7.89. The Morgan fingerprint density at radius 1 is 1.27 bits per heavy atom. The molecule has 0 heterocycles. The zero-order valence-electron chi connectivity index (χ0n) is 15.6. The number of ether oxygens (including phenoxy) is 1. The van der Waals surface area contributed by atoms with Crippen LogP contribution in [-0.2, 0) is 14.8 Å². The van der Waals surface area contributed by atoms with Crippen molar-refractivity contribution in [2.75, 3.05) is 19.7 Å². The number of benzene rings is 1. The predicted molar refractivity (Wildman–Crippen MR) is 96.6 cm³/mol. The Hall–Kier alpha value is -2.20. The number of sulfonamides is 1. The maximum atomic E-state index is 12.5. The average molecular weight is 387 g/mol. The Labute approximate surface area is 153 Å². The molecule has 1 aromatic rings. The highest BCUT2D eigenvalue weighted by Gasteiger charge is 2.26. The molecule has 0 saturated carbocycles. The second-order valence-electron chi connectivity index (χ2n) is 6.56. The summed E-state index contributed by atoms with van der Waals surface area (Å²) in [5, 5.41) is 14.0. The van der Waals surface area contributed by atoms with Gasteiger partial charge in [-0.25, -0.2) is 8.42 Å². The van der Waals surface area contributed by atoms with Gasteiger partial charge in [0, 0.05) is 24.7 Å². The van der Waals surface area contributed by atoms with Gasteiger partial charge in [0.05, 0.1) is 9.82 Å². The molecular weight excluding hydrogens is 362 g/mol. The van der Waals surface area contributed by atoms with E-state index in [1.54, 1.807) is 34.6 Å². The van der Waals surface area contributed by atoms with Gasteiger partial charge in [-0.2, -0.15) is 4.31 Å². The van der Waals surface area contributed by atoms with Crippen molar-refractivity contribution in [3.63, 3.8) is 0 Å². The number of hydrogen-bond donors (Lipinski definition) is 1. The van der Waals surface area contributed by atoms with Gasteiger partial charge in [-0.3, -0.25) is 14.9 Å². The van der Waals surface area contributed by atoms with Crippen LogP contribution >= 0.6 is 0 Å². The number of rotatable bonds is 8. The fourth-order valence-electron chi connectivity index (χ4n) is 2.23. The highest BCUT2D eigenvalue weighted by Crippen LogP contribution is 2.30. The zero-order chi connectivity index (χ0) is 20.1. The number of nitrogens with one attached hydrogen (secondary N) is 1. The number of nitro groups is 1. The van der Waals surface area contributed by atoms with Crippen molar-refractivity contribution in [1.82, 2.24) is 9.62 Å². The maximum Gasteiger partial charge on any atom is 0.312 e. The van der Waals surface area contributed by atoms with Gasteiger partial charge in [0.1, 0.15) is 0 Å². The molecule has 1 N–H and O–H groups in total. The second-order valence-corrected chi connectivity index (χ2v) is 8.50. The van der Waals surface area contributed by atoms with Gasteiger partial charge < -0.3 is 10.1 Å². The molecule has 10 heteroatoms. The molecule has 26 heavy (non-hydrogen) atoms. The van der Waals surface area contributed by atoms with Crippen LogP contribution in [0, 0.1) is 10.1 Å². The number of hydrogen-bond acceptors (Lipinski definition) is 6. The van der Waals surface area contributed by atoms with E-state index in [9.17, 15) is 23.3 Å². The van der Waals surface area contributed by atoms with Crippen LogP contribution in [0.2, 0.25) is 0 Å². The van der Waals surface area contributed by atoms with Crippen molar-refractivity contribution in [3.8, 4) is 5.75 Å². The van der Waals surface area contributed by atoms with Crippen LogP contribution in [0.25, 0.3) is 0 Å². The smallest absolute Gasteiger partial charge is 0.312 e. The fraction of sp³-hybridized carbons (Fsp3) is 0.562. The van der Waals surface area contributed by atoms with Gasteiger partial charge in [0.25, 0.3) is 5.91 Å². The summed E-state index contributed by atoms with van der Waals surface area (Å²) in [6.45, 7) is 8.82. The van der Waals surface area contributed by atoms with Crippen LogP contribution in [0.4, 0.5) is 5.69 Å². The van der Waals surface area contributed by atoms with E-state index in [4.69, 9.17) is 4.74 Å². The lowest BCUT2D eigenvalue weighted by Crippen LogP contribution is -2.43. The monoisotopic (exact) mass is 387 g/mol. The molecule has 0 aromatic heterocycles. The van der Waals surface area contributed by atoms with E-state index in [2.05, 4.69) is 5.32 Å². The average Bonchev–Trinajstić information content (AvgIpc) is 2.51. The number of nitrogens with zero attached hydrogens (tertiary/aromatic N) is 2. The van der Waals surface area contributed by atoms with Crippen LogP contribution in [0.5, 0.6) is 5.75 Å². The lowest BCUT2D eigenvalue weighted by Gasteiger charge is -2.20. The molecule has 0 aliphatic rings. The van der Waals surface area contributed by atoms with E-state index in [0.717, 1.165) is 6.07 Å². The summed E-state index contributed by atoms with van der Waals surface area (Å²) in [7, 11) is -3.84. The summed E-state index contributed by atoms with van der Waals surface area (Å²) < 4.78 is 31.4. The van der Waals surface area contributed by atoms with Crippen LogP contribution in [-0.4, -0.2) is 48.8 Å². The molecule has 0 aliphatic heterocycles. The van der Waals surface area contributed by atoms with Gasteiger partial charge in [-0.15, -0.1) is 0 Å². The summed E-state index contributed by atoms with van der Waals surface area (Å²) in [5.74, 6) is -0.607. The first-order valence-electron chi connectivity index (χ1n) is 8.14. The van der Waals surface area contributed by atoms with E-state index >= 15 is 0 Å². The molecule has 1 amide bonds. The fourth-order valence-corrected chi connectivity index (χ4v) is 3.71. The number of amides is 1. The first kappa shape index (κ1) is 21.8. The predicted octanol–water partition coefficient (Wildman–Crippen LogP) is 1.92. The molecular formula is C16H25N3O6S. The third kappa shape index (κ3) is 5.67.